The maximum atomic E-state index is 13.0. The first-order chi connectivity index (χ1) is 17.6. The topological polar surface area (TPSA) is 72.8 Å². The summed E-state index contributed by atoms with van der Waals surface area (Å²) in [5.74, 6) is 0.860. The summed E-state index contributed by atoms with van der Waals surface area (Å²) < 4.78 is 12.1. The number of aliphatic carboxylic acids is 1. The van der Waals surface area contributed by atoms with Gasteiger partial charge in [-0.1, -0.05) is 53.2 Å². The monoisotopic (exact) mass is 528 g/mol. The molecule has 5 nitrogen and oxygen atoms in total. The van der Waals surface area contributed by atoms with Crippen molar-refractivity contribution in [2.45, 2.75) is 119 Å². The highest BCUT2D eigenvalue weighted by atomic mass is 16.5. The Hall–Kier alpha value is -1.36. The number of carbonyl (C=O) groups excluding carboxylic acids is 1. The number of ether oxygens (including phenoxy) is 2. The van der Waals surface area contributed by atoms with Gasteiger partial charge < -0.3 is 14.6 Å². The predicted molar refractivity (Wildman–Crippen MR) is 148 cm³/mol. The highest BCUT2D eigenvalue weighted by Gasteiger charge is 2.72. The van der Waals surface area contributed by atoms with Crippen molar-refractivity contribution < 1.29 is 24.2 Å². The molecule has 0 aromatic carbocycles. The Balaban J connectivity index is 1.64. The Morgan fingerprint density at radius 1 is 0.947 bits per heavy atom. The van der Waals surface area contributed by atoms with Crippen molar-refractivity contribution in [2.75, 3.05) is 7.11 Å². The molecule has 0 aromatic rings. The number of hydrogen-bond donors (Lipinski definition) is 1. The van der Waals surface area contributed by atoms with Gasteiger partial charge in [0.15, 0.2) is 0 Å². The third-order valence-corrected chi connectivity index (χ3v) is 14.0. The molecule has 5 aliphatic carbocycles. The second-order valence-electron chi connectivity index (χ2n) is 15.4. The van der Waals surface area contributed by atoms with Gasteiger partial charge in [-0.2, -0.15) is 0 Å². The number of rotatable bonds is 3. The first kappa shape index (κ1) is 28.2. The van der Waals surface area contributed by atoms with Gasteiger partial charge in [-0.05, 0) is 104 Å². The lowest BCUT2D eigenvalue weighted by molar-refractivity contribution is -0.239. The van der Waals surface area contributed by atoms with Crippen molar-refractivity contribution in [3.63, 3.8) is 0 Å². The molecule has 0 saturated heterocycles. The number of carbonyl (C=O) groups is 2. The molecular weight excluding hydrogens is 476 g/mol. The van der Waals surface area contributed by atoms with Crippen molar-refractivity contribution in [1.29, 1.82) is 0 Å². The van der Waals surface area contributed by atoms with E-state index in [0.717, 1.165) is 25.2 Å². The summed E-state index contributed by atoms with van der Waals surface area (Å²) >= 11 is 0. The molecule has 0 heterocycles. The molecule has 1 N–H and O–H groups in total. The Morgan fingerprint density at radius 2 is 1.63 bits per heavy atom. The van der Waals surface area contributed by atoms with Crippen LogP contribution in [-0.2, 0) is 19.1 Å². The van der Waals surface area contributed by atoms with E-state index in [1.807, 2.05) is 14.0 Å². The van der Waals surface area contributed by atoms with E-state index in [0.29, 0.717) is 23.7 Å². The van der Waals surface area contributed by atoms with E-state index >= 15 is 0 Å². The van der Waals surface area contributed by atoms with Crippen LogP contribution in [0.25, 0.3) is 0 Å². The molecule has 12 atom stereocenters. The van der Waals surface area contributed by atoms with Crippen LogP contribution in [0.2, 0.25) is 0 Å². The molecule has 0 aromatic heterocycles. The second kappa shape index (κ2) is 8.82. The van der Waals surface area contributed by atoms with Crippen LogP contribution in [0.5, 0.6) is 0 Å². The SMILES string of the molecule is COC1C=C2C3[C@@H](C)[C@H](C)CC[C@]3(C)CC[C@@]2(C)[C@]2(C)CCC3[C@](C)(CC[C@@H](OC(C)=O)[C@]3(C)C(=O)O)C12. The van der Waals surface area contributed by atoms with Gasteiger partial charge in [0.2, 0.25) is 0 Å². The van der Waals surface area contributed by atoms with E-state index in [9.17, 15) is 14.7 Å². The van der Waals surface area contributed by atoms with Crippen LogP contribution in [-0.4, -0.2) is 36.4 Å². The molecule has 4 unspecified atom stereocenters. The van der Waals surface area contributed by atoms with Crippen molar-refractivity contribution >= 4 is 11.9 Å². The summed E-state index contributed by atoms with van der Waals surface area (Å²) in [5.41, 5.74) is 0.744. The summed E-state index contributed by atoms with van der Waals surface area (Å²) in [4.78, 5) is 25.0. The van der Waals surface area contributed by atoms with E-state index in [2.05, 4.69) is 47.6 Å². The zero-order valence-corrected chi connectivity index (χ0v) is 25.4. The Morgan fingerprint density at radius 3 is 2.24 bits per heavy atom. The van der Waals surface area contributed by atoms with E-state index in [-0.39, 0.29) is 40.2 Å². The molecule has 0 radical (unpaired) electrons. The highest BCUT2D eigenvalue weighted by Crippen LogP contribution is 2.76. The van der Waals surface area contributed by atoms with E-state index in [1.165, 1.54) is 32.6 Å². The lowest BCUT2D eigenvalue weighted by Crippen LogP contribution is -2.69. The third kappa shape index (κ3) is 3.45. The molecule has 0 spiro atoms. The van der Waals surface area contributed by atoms with Gasteiger partial charge in [0.1, 0.15) is 11.5 Å². The Labute approximate surface area is 230 Å². The van der Waals surface area contributed by atoms with E-state index < -0.39 is 17.5 Å². The minimum Gasteiger partial charge on any atom is -0.481 e. The third-order valence-electron chi connectivity index (χ3n) is 14.0. The quantitative estimate of drug-likeness (QED) is 0.308. The minimum atomic E-state index is -1.11. The average Bonchev–Trinajstić information content (AvgIpc) is 2.84. The number of allylic oxidation sites excluding steroid dienone is 1. The van der Waals surface area contributed by atoms with Crippen LogP contribution < -0.4 is 0 Å². The fourth-order valence-corrected chi connectivity index (χ4v) is 11.5. The van der Waals surface area contributed by atoms with Gasteiger partial charge in [-0.3, -0.25) is 9.59 Å². The molecule has 0 bridgehead atoms. The molecule has 4 saturated carbocycles. The zero-order chi connectivity index (χ0) is 28.1. The van der Waals surface area contributed by atoms with Crippen LogP contribution >= 0.6 is 0 Å². The second-order valence-corrected chi connectivity index (χ2v) is 15.4. The highest BCUT2D eigenvalue weighted by molar-refractivity contribution is 5.77. The van der Waals surface area contributed by atoms with Gasteiger partial charge in [0.25, 0.3) is 0 Å². The van der Waals surface area contributed by atoms with Crippen LogP contribution in [0.15, 0.2) is 11.6 Å². The lowest BCUT2D eigenvalue weighted by atomic mass is 9.33. The van der Waals surface area contributed by atoms with Gasteiger partial charge in [-0.25, -0.2) is 0 Å². The van der Waals surface area contributed by atoms with Crippen LogP contribution in [0.1, 0.15) is 107 Å². The lowest BCUT2D eigenvalue weighted by Gasteiger charge is -2.72. The maximum absolute atomic E-state index is 13.0. The Kier molecular flexibility index (Phi) is 6.54. The fourth-order valence-electron chi connectivity index (χ4n) is 11.5. The number of methoxy groups -OCH3 is 1. The number of carboxylic acids is 1. The standard InChI is InChI=1S/C33H52O5/c1-19-10-13-29(4)16-17-31(6)22(26(29)20(19)2)18-23(37-9)27-30(5)14-12-25(38-21(3)34)33(8,28(35)36)24(30)11-15-32(27,31)7/h18-20,23-27H,10-17H2,1-9H3,(H,35,36)/t19-,20+,23?,24?,25-,26?,27?,29-,30+,31-,32-,33-/m1/s1. The largest absolute Gasteiger partial charge is 0.481 e. The minimum absolute atomic E-state index is 0.0123. The summed E-state index contributed by atoms with van der Waals surface area (Å²) in [6.45, 7) is 18.1. The Bertz CT molecular complexity index is 1030. The molecular formula is C33H52O5. The molecule has 5 rings (SSSR count). The molecule has 0 aliphatic heterocycles. The molecule has 5 aliphatic rings. The van der Waals surface area contributed by atoms with Gasteiger partial charge in [0, 0.05) is 20.0 Å². The number of fused-ring (bicyclic) bond motifs is 7. The van der Waals surface area contributed by atoms with Crippen molar-refractivity contribution in [1.82, 2.24) is 0 Å². The van der Waals surface area contributed by atoms with Crippen molar-refractivity contribution in [3.05, 3.63) is 11.6 Å². The van der Waals surface area contributed by atoms with Crippen molar-refractivity contribution in [3.8, 4) is 0 Å². The van der Waals surface area contributed by atoms with Crippen LogP contribution in [0.3, 0.4) is 0 Å². The molecule has 0 amide bonds. The van der Waals surface area contributed by atoms with Crippen LogP contribution in [0, 0.1) is 56.7 Å². The number of hydrogen-bond acceptors (Lipinski definition) is 4. The van der Waals surface area contributed by atoms with Gasteiger partial charge in [0.05, 0.1) is 6.10 Å². The maximum Gasteiger partial charge on any atom is 0.313 e. The average molecular weight is 529 g/mol. The molecule has 4 fully saturated rings. The number of esters is 1. The predicted octanol–water partition coefficient (Wildman–Crippen LogP) is 7.29. The molecule has 214 valence electrons. The normalized spacial score (nSPS) is 53.9. The van der Waals surface area contributed by atoms with E-state index in [1.54, 1.807) is 5.57 Å². The molecule has 5 heteroatoms. The summed E-state index contributed by atoms with van der Waals surface area (Å²) in [5, 5.41) is 10.6. The zero-order valence-electron chi connectivity index (χ0n) is 25.4. The van der Waals surface area contributed by atoms with Gasteiger partial charge in [-0.15, -0.1) is 0 Å². The summed E-state index contributed by atoms with van der Waals surface area (Å²) in [7, 11) is 1.85. The first-order valence-electron chi connectivity index (χ1n) is 15.3. The van der Waals surface area contributed by atoms with Crippen molar-refractivity contribution in [2.24, 2.45) is 56.7 Å². The summed E-state index contributed by atoms with van der Waals surface area (Å²) in [6, 6.07) is 0. The molecule has 38 heavy (non-hydrogen) atoms. The van der Waals surface area contributed by atoms with E-state index in [4.69, 9.17) is 9.47 Å². The smallest absolute Gasteiger partial charge is 0.313 e. The number of carboxylic acid groups (broad SMARTS) is 1. The first-order valence-corrected chi connectivity index (χ1v) is 15.3. The van der Waals surface area contributed by atoms with Gasteiger partial charge >= 0.3 is 11.9 Å². The summed E-state index contributed by atoms with van der Waals surface area (Å²) in [6.07, 6.45) is 10.3. The fraction of sp³-hybridized carbons (Fsp3) is 0.879. The van der Waals surface area contributed by atoms with Crippen LogP contribution in [0.4, 0.5) is 0 Å².